The number of carbonyl (C=O) groups is 1. The number of aliphatic hydroxyl groups excluding tert-OH is 1. The van der Waals surface area contributed by atoms with Gasteiger partial charge in [0.2, 0.25) is 0 Å². The number of imidazole rings is 1. The number of hydrogen-bond donors (Lipinski definition) is 1. The molecule has 0 fully saturated rings. The van der Waals surface area contributed by atoms with E-state index in [1.54, 1.807) is 4.57 Å². The molecule has 7 heteroatoms. The van der Waals surface area contributed by atoms with Gasteiger partial charge in [-0.1, -0.05) is 32.0 Å². The molecule has 0 amide bonds. The van der Waals surface area contributed by atoms with Crippen molar-refractivity contribution in [2.24, 2.45) is 0 Å². The number of rotatable bonds is 8. The number of benzene rings is 1. The van der Waals surface area contributed by atoms with Crippen LogP contribution in [0.4, 0.5) is 4.79 Å². The number of hydrogen-bond acceptors (Lipinski definition) is 6. The van der Waals surface area contributed by atoms with Crippen LogP contribution in [0.15, 0.2) is 42.6 Å². The van der Waals surface area contributed by atoms with Crippen molar-refractivity contribution in [1.29, 1.82) is 0 Å². The topological polar surface area (TPSA) is 80.5 Å². The molecule has 2 aromatic heterocycles. The van der Waals surface area contributed by atoms with Gasteiger partial charge in [0.25, 0.3) is 0 Å². The third-order valence-corrected chi connectivity index (χ3v) is 5.95. The number of unbranched alkanes of at least 4 members (excludes halogenated alkanes) is 1. The molecule has 2 heterocycles. The minimum atomic E-state index is -0.402. The van der Waals surface area contributed by atoms with Crippen molar-refractivity contribution in [3.05, 3.63) is 59.7 Å². The van der Waals surface area contributed by atoms with Crippen LogP contribution in [-0.2, 0) is 17.7 Å². The Kier molecular flexibility index (Phi) is 9.60. The molecule has 0 bridgehead atoms. The molecule has 3 aromatic rings. The summed E-state index contributed by atoms with van der Waals surface area (Å²) < 4.78 is 7.15. The normalized spacial score (nSPS) is 15.2. The first kappa shape index (κ1) is 25.8. The quantitative estimate of drug-likeness (QED) is 0.441. The molecule has 0 saturated heterocycles. The smallest absolute Gasteiger partial charge is 0.420 e. The number of pyridine rings is 1. The van der Waals surface area contributed by atoms with E-state index in [4.69, 9.17) is 14.7 Å². The summed E-state index contributed by atoms with van der Waals surface area (Å²) in [6, 6.07) is 12.0. The fourth-order valence-corrected chi connectivity index (χ4v) is 4.53. The Morgan fingerprint density at radius 3 is 2.76 bits per heavy atom. The number of aromatic nitrogens is 3. The van der Waals surface area contributed by atoms with E-state index < -0.39 is 6.09 Å². The summed E-state index contributed by atoms with van der Waals surface area (Å²) in [4.78, 5) is 24.9. The predicted molar refractivity (Wildman–Crippen MR) is 135 cm³/mol. The molecule has 1 N–H and O–H groups in total. The second kappa shape index (κ2) is 12.6. The Hall–Kier alpha value is -2.77. The molecule has 0 aliphatic heterocycles. The zero-order chi connectivity index (χ0) is 24.5. The van der Waals surface area contributed by atoms with Crippen molar-refractivity contribution in [2.75, 3.05) is 13.2 Å². The molecule has 0 saturated carbocycles. The van der Waals surface area contributed by atoms with Gasteiger partial charge in [0.1, 0.15) is 5.82 Å². The van der Waals surface area contributed by atoms with Crippen molar-refractivity contribution in [2.45, 2.75) is 78.5 Å². The van der Waals surface area contributed by atoms with Gasteiger partial charge in [0.15, 0.2) is 0 Å². The summed E-state index contributed by atoms with van der Waals surface area (Å²) in [5, 5.41) is 9.32. The van der Waals surface area contributed by atoms with Crippen LogP contribution in [0.1, 0.15) is 76.5 Å². The van der Waals surface area contributed by atoms with Crippen molar-refractivity contribution >= 4 is 17.1 Å². The first-order chi connectivity index (χ1) is 16.6. The summed E-state index contributed by atoms with van der Waals surface area (Å²) in [6.45, 7) is 9.18. The highest BCUT2D eigenvalue weighted by Crippen LogP contribution is 2.34. The maximum absolute atomic E-state index is 13.0. The molecule has 1 atom stereocenters. The highest BCUT2D eigenvalue weighted by atomic mass is 16.6. The Morgan fingerprint density at radius 2 is 2.00 bits per heavy atom. The van der Waals surface area contributed by atoms with Crippen LogP contribution in [0, 0.1) is 0 Å². The minimum absolute atomic E-state index is 0.160. The second-order valence-corrected chi connectivity index (χ2v) is 8.64. The van der Waals surface area contributed by atoms with Crippen LogP contribution in [0.25, 0.3) is 11.0 Å². The lowest BCUT2D eigenvalue weighted by Crippen LogP contribution is -2.34. The molecule has 7 nitrogen and oxygen atoms in total. The minimum Gasteiger partial charge on any atom is -0.446 e. The van der Waals surface area contributed by atoms with Gasteiger partial charge < -0.3 is 9.84 Å². The molecule has 1 aliphatic rings. The van der Waals surface area contributed by atoms with Gasteiger partial charge in [0.05, 0.1) is 35.4 Å². The zero-order valence-corrected chi connectivity index (χ0v) is 20.9. The number of ether oxygens (including phenoxy) is 1. The van der Waals surface area contributed by atoms with Crippen LogP contribution in [0.3, 0.4) is 0 Å². The van der Waals surface area contributed by atoms with E-state index in [1.165, 1.54) is 5.56 Å². The monoisotopic (exact) mass is 466 g/mol. The average Bonchev–Trinajstić information content (AvgIpc) is 3.22. The van der Waals surface area contributed by atoms with Crippen LogP contribution < -0.4 is 0 Å². The molecule has 34 heavy (non-hydrogen) atoms. The lowest BCUT2D eigenvalue weighted by atomic mass is 9.90. The van der Waals surface area contributed by atoms with Gasteiger partial charge in [-0.25, -0.2) is 14.3 Å². The zero-order valence-electron chi connectivity index (χ0n) is 20.9. The Balaban J connectivity index is 0.00000158. The SMILES string of the molecule is CC.CC(C)OC(=O)n1c(CN(CCCCO)C2CCCc3cccnc32)nc2ccccc21. The van der Waals surface area contributed by atoms with E-state index in [1.807, 2.05) is 64.2 Å². The molecule has 4 rings (SSSR count). The van der Waals surface area contributed by atoms with E-state index >= 15 is 0 Å². The molecule has 1 aliphatic carbocycles. The first-order valence-corrected chi connectivity index (χ1v) is 12.5. The van der Waals surface area contributed by atoms with Crippen LogP contribution >= 0.6 is 0 Å². The van der Waals surface area contributed by atoms with E-state index in [9.17, 15) is 9.90 Å². The number of aryl methyl sites for hydroxylation is 1. The van der Waals surface area contributed by atoms with E-state index in [2.05, 4.69) is 11.0 Å². The van der Waals surface area contributed by atoms with Crippen molar-refractivity contribution in [1.82, 2.24) is 19.4 Å². The number of carbonyl (C=O) groups excluding carboxylic acids is 1. The molecular formula is C27H38N4O3. The van der Waals surface area contributed by atoms with Gasteiger partial charge >= 0.3 is 6.09 Å². The summed E-state index contributed by atoms with van der Waals surface area (Å²) in [6.07, 6.45) is 6.01. The third kappa shape index (κ3) is 6.02. The lowest BCUT2D eigenvalue weighted by molar-refractivity contribution is 0.114. The third-order valence-electron chi connectivity index (χ3n) is 5.95. The average molecular weight is 467 g/mol. The fourth-order valence-electron chi connectivity index (χ4n) is 4.53. The second-order valence-electron chi connectivity index (χ2n) is 8.64. The fraction of sp³-hybridized carbons (Fsp3) is 0.519. The molecule has 0 spiro atoms. The van der Waals surface area contributed by atoms with Crippen LogP contribution in [0.5, 0.6) is 0 Å². The van der Waals surface area contributed by atoms with Crippen molar-refractivity contribution in [3.63, 3.8) is 0 Å². The molecule has 1 aromatic carbocycles. The van der Waals surface area contributed by atoms with Gasteiger partial charge in [-0.15, -0.1) is 0 Å². The maximum atomic E-state index is 13.0. The van der Waals surface area contributed by atoms with Gasteiger partial charge in [-0.2, -0.15) is 0 Å². The number of fused-ring (bicyclic) bond motifs is 2. The van der Waals surface area contributed by atoms with E-state index in [-0.39, 0.29) is 18.8 Å². The van der Waals surface area contributed by atoms with Gasteiger partial charge in [-0.05, 0) is 76.3 Å². The van der Waals surface area contributed by atoms with Gasteiger partial charge in [0, 0.05) is 12.8 Å². The van der Waals surface area contributed by atoms with Crippen molar-refractivity contribution in [3.8, 4) is 0 Å². The lowest BCUT2D eigenvalue weighted by Gasteiger charge is -2.35. The Morgan fingerprint density at radius 1 is 1.21 bits per heavy atom. The van der Waals surface area contributed by atoms with Gasteiger partial charge in [-0.3, -0.25) is 9.88 Å². The first-order valence-electron chi connectivity index (χ1n) is 12.5. The molecular weight excluding hydrogens is 428 g/mol. The summed E-state index contributed by atoms with van der Waals surface area (Å²) >= 11 is 0. The Labute approximate surface area is 202 Å². The molecule has 184 valence electrons. The summed E-state index contributed by atoms with van der Waals surface area (Å²) in [5.74, 6) is 0.670. The largest absolute Gasteiger partial charge is 0.446 e. The standard InChI is InChI=1S/C25H32N4O3.C2H6/c1-18(2)32-25(31)29-21-12-4-3-11-20(21)27-23(29)17-28(15-5-6-16-30)22-13-7-9-19-10-8-14-26-24(19)22;1-2/h3-4,8,10-12,14,18,22,30H,5-7,9,13,15-17H2,1-2H3;1-2H3. The van der Waals surface area contributed by atoms with Crippen LogP contribution in [-0.4, -0.2) is 49.9 Å². The number of para-hydroxylation sites is 2. The maximum Gasteiger partial charge on any atom is 0.420 e. The Bertz CT molecular complexity index is 1060. The van der Waals surface area contributed by atoms with E-state index in [0.29, 0.717) is 12.4 Å². The highest BCUT2D eigenvalue weighted by Gasteiger charge is 2.29. The predicted octanol–water partition coefficient (Wildman–Crippen LogP) is 5.50. The van der Waals surface area contributed by atoms with Crippen LogP contribution in [0.2, 0.25) is 0 Å². The molecule has 1 unspecified atom stereocenters. The summed E-state index contributed by atoms with van der Waals surface area (Å²) in [7, 11) is 0. The van der Waals surface area contributed by atoms with Crippen molar-refractivity contribution < 1.29 is 14.6 Å². The van der Waals surface area contributed by atoms with E-state index in [0.717, 1.165) is 55.4 Å². The number of aliphatic hydroxyl groups is 1. The molecule has 0 radical (unpaired) electrons. The number of nitrogens with zero attached hydrogens (tertiary/aromatic N) is 4. The highest BCUT2D eigenvalue weighted by molar-refractivity contribution is 5.87. The summed E-state index contributed by atoms with van der Waals surface area (Å²) in [5.41, 5.74) is 3.95.